The van der Waals surface area contributed by atoms with Gasteiger partial charge in [-0.3, -0.25) is 5.32 Å². The second kappa shape index (κ2) is 7.29. The van der Waals surface area contributed by atoms with Crippen LogP contribution in [0.15, 0.2) is 41.9 Å². The maximum Gasteiger partial charge on any atom is 0.324 e. The molecule has 2 amide bonds. The molecule has 2 aromatic heterocycles. The maximum atomic E-state index is 12.8. The summed E-state index contributed by atoms with van der Waals surface area (Å²) in [6.07, 6.45) is 4.85. The van der Waals surface area contributed by atoms with Crippen molar-refractivity contribution in [2.75, 3.05) is 11.9 Å². The fourth-order valence-corrected chi connectivity index (χ4v) is 3.98. The van der Waals surface area contributed by atoms with Crippen molar-refractivity contribution in [1.29, 1.82) is 0 Å². The van der Waals surface area contributed by atoms with Crippen LogP contribution in [0, 0.1) is 6.92 Å². The number of aryl methyl sites for hydroxylation is 1. The molecular formula is C19H21N5OS. The number of nitrogens with one attached hydrogen (secondary N) is 2. The Morgan fingerprint density at radius 2 is 2.15 bits per heavy atom. The van der Waals surface area contributed by atoms with Crippen LogP contribution in [-0.2, 0) is 0 Å². The van der Waals surface area contributed by atoms with E-state index in [9.17, 15) is 4.79 Å². The largest absolute Gasteiger partial charge is 0.340 e. The van der Waals surface area contributed by atoms with Gasteiger partial charge in [0.25, 0.3) is 0 Å². The Balaban J connectivity index is 1.54. The predicted molar refractivity (Wildman–Crippen MR) is 103 cm³/mol. The number of aromatic amines is 1. The first kappa shape index (κ1) is 16.8. The summed E-state index contributed by atoms with van der Waals surface area (Å²) < 4.78 is 0. The first-order valence-electron chi connectivity index (χ1n) is 8.81. The maximum absolute atomic E-state index is 12.8. The molecule has 7 heteroatoms. The zero-order chi connectivity index (χ0) is 17.9. The highest BCUT2D eigenvalue weighted by molar-refractivity contribution is 7.13. The van der Waals surface area contributed by atoms with Crippen molar-refractivity contribution in [3.63, 3.8) is 0 Å². The van der Waals surface area contributed by atoms with E-state index in [1.807, 2.05) is 53.7 Å². The van der Waals surface area contributed by atoms with E-state index >= 15 is 0 Å². The molecule has 6 nitrogen and oxygen atoms in total. The fraction of sp³-hybridized carbons (Fsp3) is 0.316. The van der Waals surface area contributed by atoms with Gasteiger partial charge in [-0.25, -0.2) is 14.8 Å². The Morgan fingerprint density at radius 3 is 2.92 bits per heavy atom. The van der Waals surface area contributed by atoms with Gasteiger partial charge in [0.05, 0.1) is 23.6 Å². The highest BCUT2D eigenvalue weighted by Crippen LogP contribution is 2.31. The standard InChI is InChI=1S/C19H21N5OS/c1-13-12-26-18(21-13)23-19(25)24-10-6-5-9-16(24)17-20-11-15(22-17)14-7-3-2-4-8-14/h2-4,7-8,11-12,16H,5-6,9-10H2,1H3,(H,20,22)(H,21,23,25)/t16-/m0/s1. The van der Waals surface area contributed by atoms with Crippen LogP contribution < -0.4 is 5.32 Å². The molecule has 4 rings (SSSR count). The molecule has 2 N–H and O–H groups in total. The van der Waals surface area contributed by atoms with Crippen molar-refractivity contribution in [1.82, 2.24) is 19.9 Å². The topological polar surface area (TPSA) is 73.9 Å². The molecular weight excluding hydrogens is 346 g/mol. The molecule has 1 saturated heterocycles. The number of urea groups is 1. The average molecular weight is 367 g/mol. The van der Waals surface area contributed by atoms with Crippen molar-refractivity contribution in [3.05, 3.63) is 53.4 Å². The molecule has 1 aromatic carbocycles. The first-order valence-corrected chi connectivity index (χ1v) is 9.69. The summed E-state index contributed by atoms with van der Waals surface area (Å²) in [4.78, 5) is 26.9. The molecule has 1 aliphatic rings. The van der Waals surface area contributed by atoms with Gasteiger partial charge < -0.3 is 9.88 Å². The Hall–Kier alpha value is -2.67. The predicted octanol–water partition coefficient (Wildman–Crippen LogP) is 4.60. The van der Waals surface area contributed by atoms with Crippen molar-refractivity contribution >= 4 is 22.5 Å². The number of nitrogens with zero attached hydrogens (tertiary/aromatic N) is 3. The number of benzene rings is 1. The number of likely N-dealkylation sites (tertiary alicyclic amines) is 1. The van der Waals surface area contributed by atoms with Crippen LogP contribution in [0.4, 0.5) is 9.93 Å². The summed E-state index contributed by atoms with van der Waals surface area (Å²) >= 11 is 1.45. The lowest BCUT2D eigenvalue weighted by Gasteiger charge is -2.34. The lowest BCUT2D eigenvalue weighted by Crippen LogP contribution is -2.41. The summed E-state index contributed by atoms with van der Waals surface area (Å²) in [7, 11) is 0. The fourth-order valence-electron chi connectivity index (χ4n) is 3.30. The number of amides is 2. The molecule has 1 aliphatic heterocycles. The van der Waals surface area contributed by atoms with Gasteiger partial charge in [-0.1, -0.05) is 30.3 Å². The van der Waals surface area contributed by atoms with E-state index in [4.69, 9.17) is 0 Å². The van der Waals surface area contributed by atoms with Gasteiger partial charge in [-0.15, -0.1) is 11.3 Å². The minimum atomic E-state index is -0.110. The monoisotopic (exact) mass is 367 g/mol. The van der Waals surface area contributed by atoms with E-state index < -0.39 is 0 Å². The molecule has 0 spiro atoms. The normalized spacial score (nSPS) is 17.3. The number of carbonyl (C=O) groups excluding carboxylic acids is 1. The lowest BCUT2D eigenvalue weighted by atomic mass is 10.0. The van der Waals surface area contributed by atoms with Crippen LogP contribution in [0.5, 0.6) is 0 Å². The molecule has 0 radical (unpaired) electrons. The molecule has 1 fully saturated rings. The van der Waals surface area contributed by atoms with E-state index in [-0.39, 0.29) is 12.1 Å². The van der Waals surface area contributed by atoms with Gasteiger partial charge in [0, 0.05) is 11.9 Å². The molecule has 0 saturated carbocycles. The van der Waals surface area contributed by atoms with Gasteiger partial charge in [0.15, 0.2) is 5.13 Å². The van der Waals surface area contributed by atoms with Crippen LogP contribution in [0.3, 0.4) is 0 Å². The molecule has 3 heterocycles. The van der Waals surface area contributed by atoms with Crippen LogP contribution in [0.25, 0.3) is 11.3 Å². The zero-order valence-corrected chi connectivity index (χ0v) is 15.4. The van der Waals surface area contributed by atoms with Crippen LogP contribution in [0.2, 0.25) is 0 Å². The number of rotatable bonds is 3. The number of piperidine rings is 1. The van der Waals surface area contributed by atoms with Crippen LogP contribution in [0.1, 0.15) is 36.8 Å². The van der Waals surface area contributed by atoms with E-state index in [1.54, 1.807) is 0 Å². The van der Waals surface area contributed by atoms with E-state index in [0.717, 1.165) is 48.6 Å². The van der Waals surface area contributed by atoms with Crippen molar-refractivity contribution in [3.8, 4) is 11.3 Å². The van der Waals surface area contributed by atoms with E-state index in [2.05, 4.69) is 20.3 Å². The number of H-pyrrole nitrogens is 1. The molecule has 26 heavy (non-hydrogen) atoms. The minimum Gasteiger partial charge on any atom is -0.340 e. The number of imidazole rings is 1. The van der Waals surface area contributed by atoms with Gasteiger partial charge in [-0.05, 0) is 31.7 Å². The third kappa shape index (κ3) is 3.48. The molecule has 1 atom stereocenters. The third-order valence-electron chi connectivity index (χ3n) is 4.59. The number of thiazole rings is 1. The number of carbonyl (C=O) groups is 1. The van der Waals surface area contributed by atoms with Crippen LogP contribution in [-0.4, -0.2) is 32.4 Å². The number of hydrogen-bond acceptors (Lipinski definition) is 4. The number of hydrogen-bond donors (Lipinski definition) is 2. The third-order valence-corrected chi connectivity index (χ3v) is 5.47. The summed E-state index contributed by atoms with van der Waals surface area (Å²) in [5.41, 5.74) is 2.98. The Labute approximate surface area is 156 Å². The summed E-state index contributed by atoms with van der Waals surface area (Å²) in [5.74, 6) is 0.842. The van der Waals surface area contributed by atoms with Gasteiger partial charge >= 0.3 is 6.03 Å². The van der Waals surface area contributed by atoms with Gasteiger partial charge in [-0.2, -0.15) is 0 Å². The van der Waals surface area contributed by atoms with E-state index in [1.165, 1.54) is 11.3 Å². The SMILES string of the molecule is Cc1csc(NC(=O)N2CCCC[C@H]2c2ncc(-c3ccccc3)[nH]2)n1. The quantitative estimate of drug-likeness (QED) is 0.710. The highest BCUT2D eigenvalue weighted by Gasteiger charge is 2.30. The van der Waals surface area contributed by atoms with Crippen molar-refractivity contribution in [2.45, 2.75) is 32.2 Å². The molecule has 3 aromatic rings. The second-order valence-electron chi connectivity index (χ2n) is 6.48. The second-order valence-corrected chi connectivity index (χ2v) is 7.34. The molecule has 0 aliphatic carbocycles. The minimum absolute atomic E-state index is 0.0396. The molecule has 0 bridgehead atoms. The molecule has 134 valence electrons. The van der Waals surface area contributed by atoms with E-state index in [0.29, 0.717) is 5.13 Å². The van der Waals surface area contributed by atoms with Crippen LogP contribution >= 0.6 is 11.3 Å². The zero-order valence-electron chi connectivity index (χ0n) is 14.6. The van der Waals surface area contributed by atoms with Gasteiger partial charge in [0.1, 0.15) is 5.82 Å². The smallest absolute Gasteiger partial charge is 0.324 e. The Kier molecular flexibility index (Phi) is 4.71. The van der Waals surface area contributed by atoms with Crippen molar-refractivity contribution < 1.29 is 4.79 Å². The molecule has 0 unspecified atom stereocenters. The first-order chi connectivity index (χ1) is 12.7. The summed E-state index contributed by atoms with van der Waals surface area (Å²) in [6.45, 7) is 2.64. The number of anilines is 1. The Bertz CT molecular complexity index is 888. The lowest BCUT2D eigenvalue weighted by molar-refractivity contribution is 0.160. The number of aromatic nitrogens is 3. The highest BCUT2D eigenvalue weighted by atomic mass is 32.1. The van der Waals surface area contributed by atoms with Gasteiger partial charge in [0.2, 0.25) is 0 Å². The average Bonchev–Trinajstić information content (AvgIpc) is 3.32. The summed E-state index contributed by atoms with van der Waals surface area (Å²) in [5, 5.41) is 5.50. The Morgan fingerprint density at radius 1 is 1.31 bits per heavy atom. The summed E-state index contributed by atoms with van der Waals surface area (Å²) in [6, 6.07) is 9.96. The van der Waals surface area contributed by atoms with Crippen molar-refractivity contribution in [2.24, 2.45) is 0 Å².